The van der Waals surface area contributed by atoms with E-state index in [0.29, 0.717) is 19.7 Å². The van der Waals surface area contributed by atoms with Gasteiger partial charge >= 0.3 is 0 Å². The first-order chi connectivity index (χ1) is 11.7. The first kappa shape index (κ1) is 16.8. The van der Waals surface area contributed by atoms with E-state index in [1.54, 1.807) is 7.11 Å². The van der Waals surface area contributed by atoms with Gasteiger partial charge < -0.3 is 19.7 Å². The molecular formula is C19H23NO4. The van der Waals surface area contributed by atoms with Gasteiger partial charge in [0.2, 0.25) is 0 Å². The molecule has 0 saturated carbocycles. The Balaban J connectivity index is 1.59. The van der Waals surface area contributed by atoms with Crippen LogP contribution in [0, 0.1) is 5.92 Å². The molecule has 3 rings (SSSR count). The summed E-state index contributed by atoms with van der Waals surface area (Å²) in [7, 11) is 1.65. The van der Waals surface area contributed by atoms with Crippen molar-refractivity contribution in [2.24, 2.45) is 5.92 Å². The summed E-state index contributed by atoms with van der Waals surface area (Å²) in [5.74, 6) is 1.50. The van der Waals surface area contributed by atoms with Crippen LogP contribution >= 0.6 is 0 Å². The highest BCUT2D eigenvalue weighted by Crippen LogP contribution is 2.29. The number of aliphatic hydroxyl groups is 2. The van der Waals surface area contributed by atoms with Gasteiger partial charge in [0.15, 0.2) is 6.29 Å². The van der Waals surface area contributed by atoms with Gasteiger partial charge in [0.1, 0.15) is 18.1 Å². The fourth-order valence-electron chi connectivity index (χ4n) is 2.85. The Morgan fingerprint density at radius 1 is 1.12 bits per heavy atom. The van der Waals surface area contributed by atoms with Gasteiger partial charge in [-0.1, -0.05) is 36.4 Å². The number of hydrogen-bond donors (Lipinski definition) is 2. The van der Waals surface area contributed by atoms with Gasteiger partial charge in [0.05, 0.1) is 7.11 Å². The monoisotopic (exact) mass is 329 g/mol. The van der Waals surface area contributed by atoms with E-state index in [4.69, 9.17) is 19.7 Å². The zero-order valence-electron chi connectivity index (χ0n) is 13.8. The molecular weight excluding hydrogens is 306 g/mol. The number of rotatable bonds is 7. The molecule has 1 saturated heterocycles. The molecule has 1 aliphatic rings. The van der Waals surface area contributed by atoms with E-state index in [2.05, 4.69) is 4.90 Å². The number of methoxy groups -OCH3 is 1. The third kappa shape index (κ3) is 4.06. The smallest absolute Gasteiger partial charge is 0.156 e. The first-order valence-electron chi connectivity index (χ1n) is 8.08. The Morgan fingerprint density at radius 2 is 1.88 bits per heavy atom. The van der Waals surface area contributed by atoms with Gasteiger partial charge in [-0.15, -0.1) is 0 Å². The van der Waals surface area contributed by atoms with E-state index in [0.717, 1.165) is 29.2 Å². The van der Waals surface area contributed by atoms with Crippen molar-refractivity contribution in [3.05, 3.63) is 59.7 Å². The van der Waals surface area contributed by atoms with Crippen LogP contribution in [0.5, 0.6) is 11.5 Å². The molecule has 0 atom stereocenters. The van der Waals surface area contributed by atoms with E-state index in [1.807, 2.05) is 48.5 Å². The highest BCUT2D eigenvalue weighted by Gasteiger charge is 2.31. The molecule has 1 fully saturated rings. The first-order valence-corrected chi connectivity index (χ1v) is 8.08. The van der Waals surface area contributed by atoms with Crippen LogP contribution in [0.25, 0.3) is 0 Å². The zero-order chi connectivity index (χ0) is 16.9. The van der Waals surface area contributed by atoms with Crippen LogP contribution in [-0.4, -0.2) is 41.6 Å². The molecule has 5 nitrogen and oxygen atoms in total. The molecule has 2 aromatic carbocycles. The van der Waals surface area contributed by atoms with Crippen LogP contribution in [0.3, 0.4) is 0 Å². The lowest BCUT2D eigenvalue weighted by Crippen LogP contribution is -2.51. The van der Waals surface area contributed by atoms with E-state index in [1.165, 1.54) is 0 Å². The minimum absolute atomic E-state index is 0.0514. The molecule has 0 bridgehead atoms. The summed E-state index contributed by atoms with van der Waals surface area (Å²) in [5.41, 5.74) is 2.19. The fourth-order valence-corrected chi connectivity index (χ4v) is 2.85. The second-order valence-corrected chi connectivity index (χ2v) is 6.12. The molecule has 0 spiro atoms. The van der Waals surface area contributed by atoms with Crippen LogP contribution in [0.15, 0.2) is 48.5 Å². The summed E-state index contributed by atoms with van der Waals surface area (Å²) in [4.78, 5) is 2.16. The predicted molar refractivity (Wildman–Crippen MR) is 90.8 cm³/mol. The van der Waals surface area contributed by atoms with Crippen LogP contribution in [-0.2, 0) is 13.2 Å². The van der Waals surface area contributed by atoms with E-state index < -0.39 is 6.29 Å². The molecule has 0 radical (unpaired) electrons. The maximum Gasteiger partial charge on any atom is 0.156 e. The van der Waals surface area contributed by atoms with Gasteiger partial charge in [-0.25, -0.2) is 0 Å². The van der Waals surface area contributed by atoms with Gasteiger partial charge in [-0.3, -0.25) is 4.90 Å². The highest BCUT2D eigenvalue weighted by atomic mass is 16.5. The number of ether oxygens (including phenoxy) is 2. The summed E-state index contributed by atoms with van der Waals surface area (Å²) >= 11 is 0. The van der Waals surface area contributed by atoms with E-state index in [9.17, 15) is 0 Å². The average Bonchev–Trinajstić information content (AvgIpc) is 2.57. The van der Waals surface area contributed by atoms with Crippen LogP contribution in [0.1, 0.15) is 11.1 Å². The molecule has 2 N–H and O–H groups in total. The zero-order valence-corrected chi connectivity index (χ0v) is 13.8. The standard InChI is InChI=1S/C19H23NO4/c1-23-18-9-17(24-13-14-5-3-2-4-6-14)8-7-15(18)10-20-11-16(12-20)19(21)22/h2-9,16,19,21-22H,10-13H2,1H3. The topological polar surface area (TPSA) is 62.2 Å². The summed E-state index contributed by atoms with van der Waals surface area (Å²) < 4.78 is 11.3. The summed E-state index contributed by atoms with van der Waals surface area (Å²) in [6.07, 6.45) is -1.23. The minimum Gasteiger partial charge on any atom is -0.496 e. The molecule has 24 heavy (non-hydrogen) atoms. The lowest BCUT2D eigenvalue weighted by Gasteiger charge is -2.40. The molecule has 2 aromatic rings. The van der Waals surface area contributed by atoms with Crippen molar-refractivity contribution in [2.45, 2.75) is 19.4 Å². The number of aliphatic hydroxyl groups excluding tert-OH is 1. The number of hydrogen-bond acceptors (Lipinski definition) is 5. The Labute approximate surface area is 142 Å². The van der Waals surface area contributed by atoms with Crippen LogP contribution in [0.2, 0.25) is 0 Å². The van der Waals surface area contributed by atoms with Crippen LogP contribution < -0.4 is 9.47 Å². The predicted octanol–water partition coefficient (Wildman–Crippen LogP) is 2.02. The molecule has 0 amide bonds. The molecule has 128 valence electrons. The van der Waals surface area contributed by atoms with Crippen molar-refractivity contribution in [3.8, 4) is 11.5 Å². The van der Waals surface area contributed by atoms with Crippen molar-refractivity contribution in [2.75, 3.05) is 20.2 Å². The second kappa shape index (κ2) is 7.66. The van der Waals surface area contributed by atoms with Gasteiger partial charge in [-0.2, -0.15) is 0 Å². The molecule has 5 heteroatoms. The molecule has 0 aliphatic carbocycles. The largest absolute Gasteiger partial charge is 0.496 e. The van der Waals surface area contributed by atoms with E-state index >= 15 is 0 Å². The lowest BCUT2D eigenvalue weighted by atomic mass is 9.98. The molecule has 1 aliphatic heterocycles. The Kier molecular flexibility index (Phi) is 5.35. The number of benzene rings is 2. The Bertz CT molecular complexity index is 654. The fraction of sp³-hybridized carbons (Fsp3) is 0.368. The quantitative estimate of drug-likeness (QED) is 0.761. The van der Waals surface area contributed by atoms with Gasteiger partial charge in [0.25, 0.3) is 0 Å². The van der Waals surface area contributed by atoms with Crippen molar-refractivity contribution in [3.63, 3.8) is 0 Å². The Hall–Kier alpha value is -2.08. The van der Waals surface area contributed by atoms with E-state index in [-0.39, 0.29) is 5.92 Å². The summed E-state index contributed by atoms with van der Waals surface area (Å²) in [6, 6.07) is 15.9. The van der Waals surface area contributed by atoms with Crippen molar-refractivity contribution in [1.29, 1.82) is 0 Å². The lowest BCUT2D eigenvalue weighted by molar-refractivity contribution is -0.130. The second-order valence-electron chi connectivity index (χ2n) is 6.12. The summed E-state index contributed by atoms with van der Waals surface area (Å²) in [5, 5.41) is 18.3. The van der Waals surface area contributed by atoms with Crippen LogP contribution in [0.4, 0.5) is 0 Å². The van der Waals surface area contributed by atoms with Crippen molar-refractivity contribution in [1.82, 2.24) is 4.90 Å². The normalized spacial score (nSPS) is 15.3. The van der Waals surface area contributed by atoms with Gasteiger partial charge in [0, 0.05) is 37.2 Å². The third-order valence-corrected chi connectivity index (χ3v) is 4.31. The molecule has 0 unspecified atom stereocenters. The van der Waals surface area contributed by atoms with Crippen molar-refractivity contribution >= 4 is 0 Å². The van der Waals surface area contributed by atoms with Crippen molar-refractivity contribution < 1.29 is 19.7 Å². The molecule has 0 aromatic heterocycles. The number of nitrogens with zero attached hydrogens (tertiary/aromatic N) is 1. The maximum absolute atomic E-state index is 9.13. The highest BCUT2D eigenvalue weighted by molar-refractivity contribution is 5.41. The van der Waals surface area contributed by atoms with Gasteiger partial charge in [-0.05, 0) is 11.6 Å². The third-order valence-electron chi connectivity index (χ3n) is 4.31. The Morgan fingerprint density at radius 3 is 2.54 bits per heavy atom. The maximum atomic E-state index is 9.13. The molecule has 1 heterocycles. The average molecular weight is 329 g/mol. The minimum atomic E-state index is -1.23. The number of likely N-dealkylation sites (tertiary alicyclic amines) is 1. The SMILES string of the molecule is COc1cc(OCc2ccccc2)ccc1CN1CC(C(O)O)C1. The summed E-state index contributed by atoms with van der Waals surface area (Å²) in [6.45, 7) is 2.62.